The molecule has 1 aromatic heterocycles. The molecule has 0 unspecified atom stereocenters. The van der Waals surface area contributed by atoms with E-state index in [1.165, 1.54) is 25.3 Å². The molecule has 0 aromatic carbocycles. The monoisotopic (exact) mass is 221 g/mol. The summed E-state index contributed by atoms with van der Waals surface area (Å²) in [4.78, 5) is 14.8. The Hall–Kier alpha value is -1.62. The minimum Gasteiger partial charge on any atom is -0.477 e. The van der Waals surface area contributed by atoms with E-state index in [2.05, 4.69) is 15.4 Å². The van der Waals surface area contributed by atoms with Gasteiger partial charge in [-0.2, -0.15) is 0 Å². The van der Waals surface area contributed by atoms with Crippen LogP contribution in [-0.4, -0.2) is 34.2 Å². The van der Waals surface area contributed by atoms with E-state index in [4.69, 9.17) is 5.11 Å². The van der Waals surface area contributed by atoms with Crippen molar-refractivity contribution in [3.63, 3.8) is 0 Å². The Morgan fingerprint density at radius 2 is 2.06 bits per heavy atom. The fraction of sp³-hybridized carbons (Fsp3) is 0.455. The van der Waals surface area contributed by atoms with Gasteiger partial charge in [0.1, 0.15) is 5.82 Å². The van der Waals surface area contributed by atoms with E-state index < -0.39 is 5.97 Å². The van der Waals surface area contributed by atoms with Gasteiger partial charge in [-0.1, -0.05) is 12.5 Å². The molecule has 1 aliphatic heterocycles. The molecule has 2 rings (SSSR count). The minimum atomic E-state index is -0.998. The largest absolute Gasteiger partial charge is 0.477 e. The Bertz CT molecular complexity index is 375. The van der Waals surface area contributed by atoms with Gasteiger partial charge in [-0.3, -0.25) is 0 Å². The third-order valence-electron chi connectivity index (χ3n) is 2.60. The summed E-state index contributed by atoms with van der Waals surface area (Å²) in [5, 5.41) is 10.9. The first kappa shape index (κ1) is 10.9. The second kappa shape index (κ2) is 4.94. The summed E-state index contributed by atoms with van der Waals surface area (Å²) in [5.74, 6) is -0.399. The molecule has 0 bridgehead atoms. The smallest absolute Gasteiger partial charge is 0.354 e. The Morgan fingerprint density at radius 1 is 1.31 bits per heavy atom. The molecule has 1 aliphatic rings. The fourth-order valence-corrected chi connectivity index (χ4v) is 1.78. The van der Waals surface area contributed by atoms with Gasteiger partial charge in [-0.25, -0.2) is 14.8 Å². The quantitative estimate of drug-likeness (QED) is 0.811. The van der Waals surface area contributed by atoms with Gasteiger partial charge in [0.05, 0.1) is 0 Å². The summed E-state index contributed by atoms with van der Waals surface area (Å²) in [6, 6.07) is 4.97. The highest BCUT2D eigenvalue weighted by atomic mass is 16.4. The maximum Gasteiger partial charge on any atom is 0.354 e. The van der Waals surface area contributed by atoms with Crippen molar-refractivity contribution < 1.29 is 9.90 Å². The number of carboxylic acids is 1. The number of hydrogen-bond donors (Lipinski definition) is 2. The van der Waals surface area contributed by atoms with Gasteiger partial charge < -0.3 is 10.5 Å². The predicted octanol–water partition coefficient (Wildman–Crippen LogP) is 1.59. The van der Waals surface area contributed by atoms with E-state index in [9.17, 15) is 4.79 Å². The SMILES string of the molecule is O=C(O)c1cccc(NN2CCCCC2)n1. The molecule has 0 atom stereocenters. The van der Waals surface area contributed by atoms with Gasteiger partial charge in [0.2, 0.25) is 0 Å². The summed E-state index contributed by atoms with van der Waals surface area (Å²) in [6.45, 7) is 1.97. The van der Waals surface area contributed by atoms with Crippen molar-refractivity contribution in [1.29, 1.82) is 0 Å². The van der Waals surface area contributed by atoms with E-state index in [1.807, 2.05) is 0 Å². The molecular formula is C11H15N3O2. The van der Waals surface area contributed by atoms with Crippen LogP contribution in [0.2, 0.25) is 0 Å². The van der Waals surface area contributed by atoms with Crippen molar-refractivity contribution in [1.82, 2.24) is 9.99 Å². The van der Waals surface area contributed by atoms with Gasteiger partial charge in [-0.15, -0.1) is 0 Å². The van der Waals surface area contributed by atoms with Crippen molar-refractivity contribution in [2.24, 2.45) is 0 Å². The number of hydrogen-bond acceptors (Lipinski definition) is 4. The van der Waals surface area contributed by atoms with Crippen molar-refractivity contribution >= 4 is 11.8 Å². The van der Waals surface area contributed by atoms with Crippen LogP contribution in [-0.2, 0) is 0 Å². The number of carboxylic acid groups (broad SMARTS) is 1. The fourth-order valence-electron chi connectivity index (χ4n) is 1.78. The highest BCUT2D eigenvalue weighted by molar-refractivity contribution is 5.85. The number of aromatic carboxylic acids is 1. The zero-order valence-electron chi connectivity index (χ0n) is 9.02. The van der Waals surface area contributed by atoms with E-state index in [0.717, 1.165) is 13.1 Å². The topological polar surface area (TPSA) is 65.5 Å². The average molecular weight is 221 g/mol. The number of hydrazine groups is 1. The Labute approximate surface area is 94.1 Å². The van der Waals surface area contributed by atoms with Crippen LogP contribution in [0.1, 0.15) is 29.8 Å². The van der Waals surface area contributed by atoms with Gasteiger partial charge in [-0.05, 0) is 25.0 Å². The number of nitrogens with zero attached hydrogens (tertiary/aromatic N) is 2. The van der Waals surface area contributed by atoms with Crippen LogP contribution < -0.4 is 5.43 Å². The number of piperidine rings is 1. The molecule has 0 spiro atoms. The van der Waals surface area contributed by atoms with E-state index in [0.29, 0.717) is 5.82 Å². The second-order valence-electron chi connectivity index (χ2n) is 3.87. The summed E-state index contributed by atoms with van der Waals surface area (Å²) in [7, 11) is 0. The molecule has 0 amide bonds. The van der Waals surface area contributed by atoms with Crippen LogP contribution in [0, 0.1) is 0 Å². The molecule has 1 saturated heterocycles. The number of rotatable bonds is 3. The van der Waals surface area contributed by atoms with E-state index in [1.54, 1.807) is 12.1 Å². The Balaban J connectivity index is 2.02. The molecule has 16 heavy (non-hydrogen) atoms. The van der Waals surface area contributed by atoms with Gasteiger partial charge in [0.15, 0.2) is 5.69 Å². The first-order valence-electron chi connectivity index (χ1n) is 5.48. The molecular weight excluding hydrogens is 206 g/mol. The number of aromatic nitrogens is 1. The van der Waals surface area contributed by atoms with Crippen molar-refractivity contribution in [2.45, 2.75) is 19.3 Å². The molecule has 0 radical (unpaired) electrons. The Kier molecular flexibility index (Phi) is 3.36. The van der Waals surface area contributed by atoms with Crippen molar-refractivity contribution in [3.05, 3.63) is 23.9 Å². The first-order valence-corrected chi connectivity index (χ1v) is 5.48. The molecule has 5 nitrogen and oxygen atoms in total. The summed E-state index contributed by atoms with van der Waals surface area (Å²) < 4.78 is 0. The number of carbonyl (C=O) groups is 1. The maximum absolute atomic E-state index is 10.7. The summed E-state index contributed by atoms with van der Waals surface area (Å²) in [5.41, 5.74) is 3.21. The van der Waals surface area contributed by atoms with Gasteiger partial charge in [0, 0.05) is 13.1 Å². The molecule has 0 aliphatic carbocycles. The van der Waals surface area contributed by atoms with Crippen LogP contribution >= 0.6 is 0 Å². The second-order valence-corrected chi connectivity index (χ2v) is 3.87. The molecule has 2 heterocycles. The standard InChI is InChI=1S/C11H15N3O2/c15-11(16)9-5-4-6-10(12-9)13-14-7-2-1-3-8-14/h4-6H,1-3,7-8H2,(H,12,13)(H,15,16). The van der Waals surface area contributed by atoms with Gasteiger partial charge >= 0.3 is 5.97 Å². The van der Waals surface area contributed by atoms with Crippen LogP contribution in [0.5, 0.6) is 0 Å². The van der Waals surface area contributed by atoms with Crippen LogP contribution in [0.4, 0.5) is 5.82 Å². The zero-order chi connectivity index (χ0) is 11.4. The first-order chi connectivity index (χ1) is 7.75. The third-order valence-corrected chi connectivity index (χ3v) is 2.60. The van der Waals surface area contributed by atoms with Crippen molar-refractivity contribution in [2.75, 3.05) is 18.5 Å². The number of anilines is 1. The lowest BCUT2D eigenvalue weighted by atomic mass is 10.2. The normalized spacial score (nSPS) is 17.0. The molecule has 5 heteroatoms. The highest BCUT2D eigenvalue weighted by Crippen LogP contribution is 2.11. The number of nitrogens with one attached hydrogen (secondary N) is 1. The lowest BCUT2D eigenvalue weighted by molar-refractivity contribution is 0.0690. The molecule has 2 N–H and O–H groups in total. The Morgan fingerprint density at radius 3 is 2.75 bits per heavy atom. The highest BCUT2D eigenvalue weighted by Gasteiger charge is 2.11. The van der Waals surface area contributed by atoms with Crippen LogP contribution in [0.3, 0.4) is 0 Å². The molecule has 0 saturated carbocycles. The predicted molar refractivity (Wildman–Crippen MR) is 60.2 cm³/mol. The number of pyridine rings is 1. The maximum atomic E-state index is 10.7. The van der Waals surface area contributed by atoms with E-state index in [-0.39, 0.29) is 5.69 Å². The van der Waals surface area contributed by atoms with Gasteiger partial charge in [0.25, 0.3) is 0 Å². The molecule has 86 valence electrons. The van der Waals surface area contributed by atoms with Crippen LogP contribution in [0.15, 0.2) is 18.2 Å². The zero-order valence-corrected chi connectivity index (χ0v) is 9.02. The lowest BCUT2D eigenvalue weighted by Crippen LogP contribution is -2.35. The van der Waals surface area contributed by atoms with Crippen LogP contribution in [0.25, 0.3) is 0 Å². The summed E-state index contributed by atoms with van der Waals surface area (Å²) >= 11 is 0. The lowest BCUT2D eigenvalue weighted by Gasteiger charge is -2.27. The molecule has 1 aromatic rings. The van der Waals surface area contributed by atoms with E-state index >= 15 is 0 Å². The average Bonchev–Trinajstić information content (AvgIpc) is 2.30. The minimum absolute atomic E-state index is 0.0713. The molecule has 1 fully saturated rings. The summed E-state index contributed by atoms with van der Waals surface area (Å²) in [6.07, 6.45) is 3.61. The van der Waals surface area contributed by atoms with Crippen molar-refractivity contribution in [3.8, 4) is 0 Å². The third kappa shape index (κ3) is 2.70.